The molecule has 2 aromatic carbocycles. The lowest BCUT2D eigenvalue weighted by Gasteiger charge is -2.26. The highest BCUT2D eigenvalue weighted by atomic mass is 32.2. The van der Waals surface area contributed by atoms with Crippen LogP contribution in [0.3, 0.4) is 0 Å². The third-order valence-corrected chi connectivity index (χ3v) is 4.97. The van der Waals surface area contributed by atoms with Crippen LogP contribution < -0.4 is 5.32 Å². The molecule has 1 atom stereocenters. The number of fused-ring (bicyclic) bond motifs is 1. The van der Waals surface area contributed by atoms with Crippen molar-refractivity contribution in [1.29, 1.82) is 0 Å². The average Bonchev–Trinajstić information content (AvgIpc) is 2.56. The standard InChI is InChI=1S/C19H21NOS/c1-22-16-11-9-14(10-12-16)13-19(21)20-18-8-4-6-15-5-2-3-7-17(15)18/h2-3,5,7,9-12,18H,4,6,8,13H2,1H3,(H,20,21). The van der Waals surface area contributed by atoms with E-state index in [4.69, 9.17) is 0 Å². The number of carbonyl (C=O) groups excluding carboxylic acids is 1. The van der Waals surface area contributed by atoms with E-state index in [0.29, 0.717) is 6.42 Å². The maximum Gasteiger partial charge on any atom is 0.224 e. The van der Waals surface area contributed by atoms with Crippen LogP contribution in [0.5, 0.6) is 0 Å². The molecule has 0 spiro atoms. The van der Waals surface area contributed by atoms with E-state index in [1.54, 1.807) is 11.8 Å². The summed E-state index contributed by atoms with van der Waals surface area (Å²) in [5.41, 5.74) is 3.74. The number of benzene rings is 2. The predicted molar refractivity (Wildman–Crippen MR) is 92.2 cm³/mol. The first-order valence-electron chi connectivity index (χ1n) is 7.76. The number of aryl methyl sites for hydroxylation is 1. The quantitative estimate of drug-likeness (QED) is 0.860. The molecule has 0 radical (unpaired) electrons. The number of thioether (sulfide) groups is 1. The van der Waals surface area contributed by atoms with Crippen molar-refractivity contribution < 1.29 is 4.79 Å². The maximum absolute atomic E-state index is 12.3. The lowest BCUT2D eigenvalue weighted by molar-refractivity contribution is -0.121. The van der Waals surface area contributed by atoms with Crippen molar-refractivity contribution in [1.82, 2.24) is 5.32 Å². The van der Waals surface area contributed by atoms with Gasteiger partial charge in [-0.2, -0.15) is 0 Å². The Morgan fingerprint density at radius 3 is 2.73 bits per heavy atom. The number of amides is 1. The molecular weight excluding hydrogens is 290 g/mol. The molecular formula is C19H21NOS. The molecule has 114 valence electrons. The molecule has 3 heteroatoms. The molecule has 1 amide bonds. The molecule has 0 saturated heterocycles. The van der Waals surface area contributed by atoms with Gasteiger partial charge in [0.1, 0.15) is 0 Å². The first-order chi connectivity index (χ1) is 10.8. The fourth-order valence-corrected chi connectivity index (χ4v) is 3.49. The van der Waals surface area contributed by atoms with Crippen LogP contribution in [0.4, 0.5) is 0 Å². The van der Waals surface area contributed by atoms with Crippen molar-refractivity contribution >= 4 is 17.7 Å². The molecule has 0 aromatic heterocycles. The van der Waals surface area contributed by atoms with Gasteiger partial charge in [-0.25, -0.2) is 0 Å². The van der Waals surface area contributed by atoms with Crippen LogP contribution in [0.2, 0.25) is 0 Å². The van der Waals surface area contributed by atoms with E-state index >= 15 is 0 Å². The Morgan fingerprint density at radius 1 is 1.18 bits per heavy atom. The van der Waals surface area contributed by atoms with Crippen molar-refractivity contribution in [3.05, 3.63) is 65.2 Å². The van der Waals surface area contributed by atoms with Crippen LogP contribution in [0, 0.1) is 0 Å². The van der Waals surface area contributed by atoms with E-state index in [1.165, 1.54) is 16.0 Å². The summed E-state index contributed by atoms with van der Waals surface area (Å²) in [6.45, 7) is 0. The zero-order valence-electron chi connectivity index (χ0n) is 12.8. The van der Waals surface area contributed by atoms with E-state index in [9.17, 15) is 4.79 Å². The summed E-state index contributed by atoms with van der Waals surface area (Å²) < 4.78 is 0. The highest BCUT2D eigenvalue weighted by Gasteiger charge is 2.21. The summed E-state index contributed by atoms with van der Waals surface area (Å²) in [6, 6.07) is 16.9. The van der Waals surface area contributed by atoms with Crippen LogP contribution in [0.25, 0.3) is 0 Å². The minimum absolute atomic E-state index is 0.110. The second-order valence-corrected chi connectivity index (χ2v) is 6.62. The normalized spacial score (nSPS) is 16.9. The average molecular weight is 311 g/mol. The van der Waals surface area contributed by atoms with Gasteiger partial charge in [0.15, 0.2) is 0 Å². The monoisotopic (exact) mass is 311 g/mol. The van der Waals surface area contributed by atoms with Gasteiger partial charge in [0, 0.05) is 4.90 Å². The molecule has 2 nitrogen and oxygen atoms in total. The van der Waals surface area contributed by atoms with E-state index in [-0.39, 0.29) is 11.9 Å². The molecule has 22 heavy (non-hydrogen) atoms. The van der Waals surface area contributed by atoms with Crippen LogP contribution in [-0.4, -0.2) is 12.2 Å². The fourth-order valence-electron chi connectivity index (χ4n) is 3.08. The SMILES string of the molecule is CSc1ccc(CC(=O)NC2CCCc3ccccc32)cc1. The van der Waals surface area contributed by atoms with Crippen LogP contribution in [0.1, 0.15) is 35.6 Å². The maximum atomic E-state index is 12.3. The van der Waals surface area contributed by atoms with Crippen molar-refractivity contribution in [2.45, 2.75) is 36.6 Å². The third-order valence-electron chi connectivity index (χ3n) is 4.23. The molecule has 1 unspecified atom stereocenters. The van der Waals surface area contributed by atoms with Gasteiger partial charge in [-0.3, -0.25) is 4.79 Å². The Balaban J connectivity index is 1.65. The van der Waals surface area contributed by atoms with Gasteiger partial charge in [-0.1, -0.05) is 36.4 Å². The van der Waals surface area contributed by atoms with Crippen molar-refractivity contribution in [3.8, 4) is 0 Å². The van der Waals surface area contributed by atoms with Gasteiger partial charge in [0.05, 0.1) is 12.5 Å². The minimum Gasteiger partial charge on any atom is -0.349 e. The van der Waals surface area contributed by atoms with Crippen LogP contribution >= 0.6 is 11.8 Å². The smallest absolute Gasteiger partial charge is 0.224 e. The summed E-state index contributed by atoms with van der Waals surface area (Å²) in [6.07, 6.45) is 5.81. The number of rotatable bonds is 4. The molecule has 1 N–H and O–H groups in total. The Labute approximate surface area is 136 Å². The topological polar surface area (TPSA) is 29.1 Å². The van der Waals surface area contributed by atoms with Crippen LogP contribution in [0.15, 0.2) is 53.4 Å². The molecule has 3 rings (SSSR count). The van der Waals surface area contributed by atoms with Crippen molar-refractivity contribution in [3.63, 3.8) is 0 Å². The number of nitrogens with one attached hydrogen (secondary N) is 1. The van der Waals surface area contributed by atoms with Gasteiger partial charge in [0.25, 0.3) is 0 Å². The first kappa shape index (κ1) is 15.2. The molecule has 0 saturated carbocycles. The van der Waals surface area contributed by atoms with Gasteiger partial charge >= 0.3 is 0 Å². The van der Waals surface area contributed by atoms with E-state index in [1.807, 2.05) is 12.1 Å². The van der Waals surface area contributed by atoms with Gasteiger partial charge in [-0.05, 0) is 54.3 Å². The van der Waals surface area contributed by atoms with Crippen molar-refractivity contribution in [2.75, 3.05) is 6.26 Å². The molecule has 0 fully saturated rings. The molecule has 1 aliphatic carbocycles. The summed E-state index contributed by atoms with van der Waals surface area (Å²) in [4.78, 5) is 13.6. The largest absolute Gasteiger partial charge is 0.349 e. The summed E-state index contributed by atoms with van der Waals surface area (Å²) in [5, 5.41) is 3.21. The number of hydrogen-bond donors (Lipinski definition) is 1. The second kappa shape index (κ2) is 7.01. The Kier molecular flexibility index (Phi) is 4.84. The van der Waals surface area contributed by atoms with Crippen molar-refractivity contribution in [2.24, 2.45) is 0 Å². The molecule has 2 aromatic rings. The molecule has 1 aliphatic rings. The third kappa shape index (κ3) is 3.53. The Morgan fingerprint density at radius 2 is 1.95 bits per heavy atom. The highest BCUT2D eigenvalue weighted by Crippen LogP contribution is 2.29. The van der Waals surface area contributed by atoms with E-state index in [0.717, 1.165) is 24.8 Å². The van der Waals surface area contributed by atoms with E-state index < -0.39 is 0 Å². The summed E-state index contributed by atoms with van der Waals surface area (Å²) in [7, 11) is 0. The van der Waals surface area contributed by atoms with Gasteiger partial charge < -0.3 is 5.32 Å². The van der Waals surface area contributed by atoms with E-state index in [2.05, 4.69) is 48.0 Å². The zero-order valence-corrected chi connectivity index (χ0v) is 13.7. The molecule has 0 aliphatic heterocycles. The Hall–Kier alpha value is -1.74. The zero-order chi connectivity index (χ0) is 15.4. The number of hydrogen-bond acceptors (Lipinski definition) is 2. The summed E-state index contributed by atoms with van der Waals surface area (Å²) in [5.74, 6) is 0.110. The first-order valence-corrected chi connectivity index (χ1v) is 8.99. The fraction of sp³-hybridized carbons (Fsp3) is 0.316. The lowest BCUT2D eigenvalue weighted by atomic mass is 9.87. The summed E-state index contributed by atoms with van der Waals surface area (Å²) >= 11 is 1.72. The lowest BCUT2D eigenvalue weighted by Crippen LogP contribution is -2.32. The number of carbonyl (C=O) groups is 1. The molecule has 0 bridgehead atoms. The molecule has 0 heterocycles. The minimum atomic E-state index is 0.110. The second-order valence-electron chi connectivity index (χ2n) is 5.74. The van der Waals surface area contributed by atoms with Crippen LogP contribution in [-0.2, 0) is 17.6 Å². The van der Waals surface area contributed by atoms with Gasteiger partial charge in [0.2, 0.25) is 5.91 Å². The van der Waals surface area contributed by atoms with Gasteiger partial charge in [-0.15, -0.1) is 11.8 Å². The predicted octanol–water partition coefficient (Wildman–Crippen LogP) is 4.14. The Bertz CT molecular complexity index is 651. The highest BCUT2D eigenvalue weighted by molar-refractivity contribution is 7.98.